The van der Waals surface area contributed by atoms with Gasteiger partial charge in [0.25, 0.3) is 5.91 Å². The number of aliphatic hydroxyl groups excluding tert-OH is 1. The summed E-state index contributed by atoms with van der Waals surface area (Å²) in [7, 11) is 0. The summed E-state index contributed by atoms with van der Waals surface area (Å²) in [6.45, 7) is 1.79. The van der Waals surface area contributed by atoms with Gasteiger partial charge < -0.3 is 14.8 Å². The number of nitrogens with one attached hydrogen (secondary N) is 1. The highest BCUT2D eigenvalue weighted by Crippen LogP contribution is 2.22. The van der Waals surface area contributed by atoms with Crippen LogP contribution in [-0.4, -0.2) is 23.7 Å². The van der Waals surface area contributed by atoms with E-state index in [0.717, 1.165) is 5.39 Å². The maximum absolute atomic E-state index is 11.7. The zero-order valence-corrected chi connectivity index (χ0v) is 9.99. The van der Waals surface area contributed by atoms with Crippen molar-refractivity contribution in [2.45, 2.75) is 13.0 Å². The third-order valence-corrected chi connectivity index (χ3v) is 2.50. The monoisotopic (exact) mass is 253 g/mol. The molecule has 0 spiro atoms. The topological polar surface area (TPSA) is 62.5 Å². The molecule has 1 amide bonds. The molecule has 0 aliphatic heterocycles. The number of aliphatic hydroxyl groups is 1. The molecule has 5 heteroatoms. The molecule has 4 nitrogen and oxygen atoms in total. The van der Waals surface area contributed by atoms with Crippen molar-refractivity contribution >= 4 is 28.5 Å². The summed E-state index contributed by atoms with van der Waals surface area (Å²) < 4.78 is 5.36. The average molecular weight is 254 g/mol. The molecule has 0 saturated heterocycles. The number of hydrogen-bond donors (Lipinski definition) is 2. The van der Waals surface area contributed by atoms with E-state index in [-0.39, 0.29) is 18.2 Å². The van der Waals surface area contributed by atoms with E-state index in [1.165, 1.54) is 0 Å². The molecule has 2 rings (SSSR count). The minimum Gasteiger partial charge on any atom is -0.451 e. The third kappa shape index (κ3) is 2.78. The second-order valence-corrected chi connectivity index (χ2v) is 4.29. The maximum atomic E-state index is 11.7. The van der Waals surface area contributed by atoms with Crippen LogP contribution >= 0.6 is 11.6 Å². The van der Waals surface area contributed by atoms with Crippen molar-refractivity contribution in [2.75, 3.05) is 6.54 Å². The van der Waals surface area contributed by atoms with Crippen LogP contribution in [0.1, 0.15) is 17.5 Å². The van der Waals surface area contributed by atoms with E-state index in [4.69, 9.17) is 21.1 Å². The Hall–Kier alpha value is -1.52. The second-order valence-electron chi connectivity index (χ2n) is 3.85. The molecule has 90 valence electrons. The SMILES string of the molecule is CC(O)CNC(=O)c1cc2cc(Cl)ccc2o1. The Kier molecular flexibility index (Phi) is 3.36. The Morgan fingerprint density at radius 2 is 2.29 bits per heavy atom. The molecule has 2 aromatic rings. The van der Waals surface area contributed by atoms with Gasteiger partial charge in [-0.05, 0) is 31.2 Å². The fraction of sp³-hybridized carbons (Fsp3) is 0.250. The molecular formula is C12H12ClNO3. The molecule has 17 heavy (non-hydrogen) atoms. The van der Waals surface area contributed by atoms with Gasteiger partial charge >= 0.3 is 0 Å². The van der Waals surface area contributed by atoms with Crippen molar-refractivity contribution in [1.29, 1.82) is 0 Å². The van der Waals surface area contributed by atoms with Gasteiger partial charge in [0, 0.05) is 17.0 Å². The summed E-state index contributed by atoms with van der Waals surface area (Å²) in [6, 6.07) is 6.76. The molecule has 0 fully saturated rings. The van der Waals surface area contributed by atoms with E-state index in [1.54, 1.807) is 31.2 Å². The zero-order valence-electron chi connectivity index (χ0n) is 9.24. The lowest BCUT2D eigenvalue weighted by molar-refractivity contribution is 0.0899. The lowest BCUT2D eigenvalue weighted by Gasteiger charge is -2.04. The number of amides is 1. The highest BCUT2D eigenvalue weighted by atomic mass is 35.5. The van der Waals surface area contributed by atoms with Crippen LogP contribution in [0.3, 0.4) is 0 Å². The first kappa shape index (κ1) is 12.0. The minimum absolute atomic E-state index is 0.191. The Labute approximate surface area is 103 Å². The smallest absolute Gasteiger partial charge is 0.287 e. The van der Waals surface area contributed by atoms with E-state index in [9.17, 15) is 4.79 Å². The Morgan fingerprint density at radius 1 is 1.53 bits per heavy atom. The van der Waals surface area contributed by atoms with Gasteiger partial charge in [0.2, 0.25) is 0 Å². The molecule has 0 radical (unpaired) electrons. The van der Waals surface area contributed by atoms with Crippen LogP contribution < -0.4 is 5.32 Å². The summed E-state index contributed by atoms with van der Waals surface area (Å²) in [5.74, 6) is -0.138. The van der Waals surface area contributed by atoms with Crippen LogP contribution in [0.15, 0.2) is 28.7 Å². The summed E-state index contributed by atoms with van der Waals surface area (Å²) in [6.07, 6.45) is -0.585. The lowest BCUT2D eigenvalue weighted by Crippen LogP contribution is -2.30. The zero-order chi connectivity index (χ0) is 12.4. The second kappa shape index (κ2) is 4.77. The van der Waals surface area contributed by atoms with Crippen LogP contribution in [-0.2, 0) is 0 Å². The lowest BCUT2D eigenvalue weighted by atomic mass is 10.2. The Bertz CT molecular complexity index is 548. The molecule has 2 N–H and O–H groups in total. The van der Waals surface area contributed by atoms with Crippen molar-refractivity contribution in [1.82, 2.24) is 5.32 Å². The minimum atomic E-state index is -0.585. The van der Waals surface area contributed by atoms with Gasteiger partial charge in [-0.2, -0.15) is 0 Å². The molecule has 0 aliphatic rings. The number of hydrogen-bond acceptors (Lipinski definition) is 3. The molecule has 1 heterocycles. The van der Waals surface area contributed by atoms with Crippen molar-refractivity contribution in [3.05, 3.63) is 35.0 Å². The van der Waals surface area contributed by atoms with Gasteiger partial charge in [-0.25, -0.2) is 0 Å². The molecule has 0 aliphatic carbocycles. The Balaban J connectivity index is 2.21. The maximum Gasteiger partial charge on any atom is 0.287 e. The largest absolute Gasteiger partial charge is 0.451 e. The predicted molar refractivity (Wildman–Crippen MR) is 65.2 cm³/mol. The number of benzene rings is 1. The number of fused-ring (bicyclic) bond motifs is 1. The number of furan rings is 1. The van der Waals surface area contributed by atoms with Gasteiger partial charge in [-0.15, -0.1) is 0 Å². The molecule has 1 atom stereocenters. The highest BCUT2D eigenvalue weighted by molar-refractivity contribution is 6.31. The molecule has 0 saturated carbocycles. The first-order valence-electron chi connectivity index (χ1n) is 5.21. The van der Waals surface area contributed by atoms with E-state index in [1.807, 2.05) is 0 Å². The van der Waals surface area contributed by atoms with Crippen LogP contribution in [0.4, 0.5) is 0 Å². The van der Waals surface area contributed by atoms with Crippen molar-refractivity contribution in [2.24, 2.45) is 0 Å². The van der Waals surface area contributed by atoms with E-state index in [2.05, 4.69) is 5.32 Å². The fourth-order valence-corrected chi connectivity index (χ4v) is 1.63. The van der Waals surface area contributed by atoms with E-state index < -0.39 is 6.10 Å². The standard InChI is InChI=1S/C12H12ClNO3/c1-7(15)6-14-12(16)11-5-8-4-9(13)2-3-10(8)17-11/h2-5,7,15H,6H2,1H3,(H,14,16). The predicted octanol–water partition coefficient (Wildman–Crippen LogP) is 2.20. The summed E-state index contributed by atoms with van der Waals surface area (Å²) >= 11 is 5.83. The van der Waals surface area contributed by atoms with Gasteiger partial charge in [-0.3, -0.25) is 4.79 Å². The summed E-state index contributed by atoms with van der Waals surface area (Å²) in [5, 5.41) is 13.0. The number of halogens is 1. The first-order chi connectivity index (χ1) is 8.06. The van der Waals surface area contributed by atoms with Crippen molar-refractivity contribution in [3.8, 4) is 0 Å². The van der Waals surface area contributed by atoms with Crippen LogP contribution in [0.25, 0.3) is 11.0 Å². The van der Waals surface area contributed by atoms with E-state index >= 15 is 0 Å². The fourth-order valence-electron chi connectivity index (χ4n) is 1.45. The molecule has 1 aromatic carbocycles. The van der Waals surface area contributed by atoms with Crippen LogP contribution in [0.5, 0.6) is 0 Å². The Morgan fingerprint density at radius 3 is 3.00 bits per heavy atom. The summed E-state index contributed by atoms with van der Waals surface area (Å²) in [4.78, 5) is 11.7. The summed E-state index contributed by atoms with van der Waals surface area (Å²) in [5.41, 5.74) is 0.608. The van der Waals surface area contributed by atoms with Crippen LogP contribution in [0.2, 0.25) is 5.02 Å². The molecule has 0 bridgehead atoms. The number of rotatable bonds is 3. The molecule has 1 unspecified atom stereocenters. The average Bonchev–Trinajstić information content (AvgIpc) is 2.68. The van der Waals surface area contributed by atoms with Gasteiger partial charge in [0.15, 0.2) is 5.76 Å². The van der Waals surface area contributed by atoms with Gasteiger partial charge in [0.1, 0.15) is 5.58 Å². The number of carbonyl (C=O) groups excluding carboxylic acids is 1. The van der Waals surface area contributed by atoms with Crippen molar-refractivity contribution < 1.29 is 14.3 Å². The molecular weight excluding hydrogens is 242 g/mol. The normalized spacial score (nSPS) is 12.6. The number of carbonyl (C=O) groups is 1. The van der Waals surface area contributed by atoms with Gasteiger partial charge in [-0.1, -0.05) is 11.6 Å². The van der Waals surface area contributed by atoms with Crippen LogP contribution in [0, 0.1) is 0 Å². The third-order valence-electron chi connectivity index (χ3n) is 2.26. The van der Waals surface area contributed by atoms with E-state index in [0.29, 0.717) is 10.6 Å². The quantitative estimate of drug-likeness (QED) is 0.882. The highest BCUT2D eigenvalue weighted by Gasteiger charge is 2.12. The first-order valence-corrected chi connectivity index (χ1v) is 5.59. The molecule has 1 aromatic heterocycles. The van der Waals surface area contributed by atoms with Crippen molar-refractivity contribution in [3.63, 3.8) is 0 Å². The van der Waals surface area contributed by atoms with Gasteiger partial charge in [0.05, 0.1) is 6.10 Å².